The topological polar surface area (TPSA) is 70.8 Å². The number of nitriles is 1. The Balaban J connectivity index is 2.21. The smallest absolute Gasteiger partial charge is 0.199 e. The van der Waals surface area contributed by atoms with E-state index in [0.29, 0.717) is 33.0 Å². The lowest BCUT2D eigenvalue weighted by Crippen LogP contribution is -2.14. The van der Waals surface area contributed by atoms with Crippen LogP contribution in [0.1, 0.15) is 39.3 Å². The van der Waals surface area contributed by atoms with Crippen LogP contribution in [0, 0.1) is 17.1 Å². The summed E-state index contributed by atoms with van der Waals surface area (Å²) >= 11 is 0. The fourth-order valence-electron chi connectivity index (χ4n) is 3.72. The highest BCUT2D eigenvalue weighted by Gasteiger charge is 2.20. The molecular formula is C22H20FN3O2. The summed E-state index contributed by atoms with van der Waals surface area (Å²) in [6.45, 7) is 7.58. The summed E-state index contributed by atoms with van der Waals surface area (Å²) in [5, 5.41) is 10.8. The van der Waals surface area contributed by atoms with E-state index in [4.69, 9.17) is 4.74 Å². The number of rotatable bonds is 3. The Morgan fingerprint density at radius 3 is 2.54 bits per heavy atom. The Labute approximate surface area is 161 Å². The van der Waals surface area contributed by atoms with Crippen molar-refractivity contribution in [1.82, 2.24) is 9.55 Å². The van der Waals surface area contributed by atoms with E-state index >= 15 is 0 Å². The van der Waals surface area contributed by atoms with Crippen LogP contribution < -0.4 is 10.2 Å². The summed E-state index contributed by atoms with van der Waals surface area (Å²) in [6.07, 6.45) is -0.208. The van der Waals surface area contributed by atoms with E-state index in [9.17, 15) is 14.4 Å². The molecule has 4 aromatic rings. The highest BCUT2D eigenvalue weighted by molar-refractivity contribution is 6.10. The van der Waals surface area contributed by atoms with Crippen LogP contribution in [-0.4, -0.2) is 15.7 Å². The van der Waals surface area contributed by atoms with Gasteiger partial charge in [0.1, 0.15) is 5.65 Å². The standard InChI is InChI=1S/C22H20FN3O2/c1-11(2)26-18-9-16(23)19(28-12(3)4)8-15(18)21(27)20-14-6-5-13(10-24)7-17(14)25-22(20)26/h5-9,11-12,25H,1-4H3. The number of aromatic nitrogens is 2. The minimum atomic E-state index is -0.503. The van der Waals surface area contributed by atoms with Gasteiger partial charge < -0.3 is 14.3 Å². The molecule has 0 amide bonds. The van der Waals surface area contributed by atoms with Crippen molar-refractivity contribution in [2.75, 3.05) is 0 Å². The molecule has 2 aromatic carbocycles. The third-order valence-corrected chi connectivity index (χ3v) is 4.81. The van der Waals surface area contributed by atoms with Crippen molar-refractivity contribution in [3.8, 4) is 11.8 Å². The first-order valence-corrected chi connectivity index (χ1v) is 9.21. The van der Waals surface area contributed by atoms with Gasteiger partial charge in [0.05, 0.1) is 34.0 Å². The van der Waals surface area contributed by atoms with Crippen LogP contribution >= 0.6 is 0 Å². The zero-order valence-electron chi connectivity index (χ0n) is 16.1. The summed E-state index contributed by atoms with van der Waals surface area (Å²) in [4.78, 5) is 16.6. The van der Waals surface area contributed by atoms with Crippen LogP contribution in [0.3, 0.4) is 0 Å². The van der Waals surface area contributed by atoms with Gasteiger partial charge in [0.25, 0.3) is 0 Å². The quantitative estimate of drug-likeness (QED) is 0.545. The molecule has 0 bridgehead atoms. The monoisotopic (exact) mass is 377 g/mol. The van der Waals surface area contributed by atoms with Crippen LogP contribution in [0.25, 0.3) is 32.8 Å². The van der Waals surface area contributed by atoms with E-state index in [-0.39, 0.29) is 23.3 Å². The van der Waals surface area contributed by atoms with Gasteiger partial charge >= 0.3 is 0 Å². The third-order valence-electron chi connectivity index (χ3n) is 4.81. The van der Waals surface area contributed by atoms with Gasteiger partial charge in [-0.15, -0.1) is 0 Å². The van der Waals surface area contributed by atoms with Crippen LogP contribution in [0.4, 0.5) is 4.39 Å². The largest absolute Gasteiger partial charge is 0.488 e. The number of pyridine rings is 1. The minimum Gasteiger partial charge on any atom is -0.488 e. The van der Waals surface area contributed by atoms with Crippen molar-refractivity contribution >= 4 is 32.8 Å². The molecule has 1 N–H and O–H groups in total. The summed E-state index contributed by atoms with van der Waals surface area (Å²) in [5.41, 5.74) is 2.15. The van der Waals surface area contributed by atoms with Gasteiger partial charge in [0.2, 0.25) is 0 Å². The average Bonchev–Trinajstić information content (AvgIpc) is 3.00. The highest BCUT2D eigenvalue weighted by Crippen LogP contribution is 2.32. The number of benzene rings is 2. The lowest BCUT2D eigenvalue weighted by atomic mass is 10.1. The zero-order valence-corrected chi connectivity index (χ0v) is 16.1. The lowest BCUT2D eigenvalue weighted by molar-refractivity contribution is 0.231. The molecule has 0 spiro atoms. The van der Waals surface area contributed by atoms with Crippen molar-refractivity contribution in [2.24, 2.45) is 0 Å². The fraction of sp³-hybridized carbons (Fsp3) is 0.273. The van der Waals surface area contributed by atoms with Gasteiger partial charge in [-0.05, 0) is 45.9 Å². The van der Waals surface area contributed by atoms with Crippen molar-refractivity contribution in [3.63, 3.8) is 0 Å². The minimum absolute atomic E-state index is 0.0228. The maximum absolute atomic E-state index is 14.7. The number of H-pyrrole nitrogens is 1. The normalized spacial score (nSPS) is 11.8. The molecule has 0 fully saturated rings. The van der Waals surface area contributed by atoms with Crippen LogP contribution in [0.2, 0.25) is 0 Å². The van der Waals surface area contributed by atoms with Gasteiger partial charge in [-0.25, -0.2) is 4.39 Å². The molecule has 0 aliphatic rings. The Kier molecular flexibility index (Phi) is 4.11. The number of ether oxygens (including phenoxy) is 1. The predicted octanol–water partition coefficient (Wildman–Crippen LogP) is 5.01. The average molecular weight is 377 g/mol. The maximum Gasteiger partial charge on any atom is 0.199 e. The first-order valence-electron chi connectivity index (χ1n) is 9.21. The second-order valence-electron chi connectivity index (χ2n) is 7.48. The molecule has 0 unspecified atom stereocenters. The zero-order chi connectivity index (χ0) is 20.2. The van der Waals surface area contributed by atoms with E-state index < -0.39 is 5.82 Å². The molecule has 0 radical (unpaired) electrons. The van der Waals surface area contributed by atoms with Gasteiger partial charge in [-0.3, -0.25) is 4.79 Å². The SMILES string of the molecule is CC(C)Oc1cc2c(=O)c3c4ccc(C#N)cc4[nH]c3n(C(C)C)c2cc1F. The molecule has 2 aromatic heterocycles. The lowest BCUT2D eigenvalue weighted by Gasteiger charge is -2.18. The van der Waals surface area contributed by atoms with Crippen molar-refractivity contribution in [1.29, 1.82) is 5.26 Å². The number of nitrogens with zero attached hydrogens (tertiary/aromatic N) is 2. The number of hydrogen-bond donors (Lipinski definition) is 1. The number of fused-ring (bicyclic) bond motifs is 4. The molecule has 0 atom stereocenters. The van der Waals surface area contributed by atoms with Gasteiger partial charge in [0, 0.05) is 23.0 Å². The second-order valence-corrected chi connectivity index (χ2v) is 7.48. The summed E-state index contributed by atoms with van der Waals surface area (Å²) in [5.74, 6) is -0.432. The summed E-state index contributed by atoms with van der Waals surface area (Å²) < 4.78 is 22.1. The molecule has 142 valence electrons. The van der Waals surface area contributed by atoms with E-state index in [1.807, 2.05) is 32.3 Å². The fourth-order valence-corrected chi connectivity index (χ4v) is 3.72. The van der Waals surface area contributed by atoms with Crippen molar-refractivity contribution < 1.29 is 9.13 Å². The second kappa shape index (κ2) is 6.38. The van der Waals surface area contributed by atoms with E-state index in [2.05, 4.69) is 11.1 Å². The first-order chi connectivity index (χ1) is 13.3. The van der Waals surface area contributed by atoms with Crippen molar-refractivity contribution in [2.45, 2.75) is 39.8 Å². The van der Waals surface area contributed by atoms with Crippen LogP contribution in [0.5, 0.6) is 5.75 Å². The highest BCUT2D eigenvalue weighted by atomic mass is 19.1. The van der Waals surface area contributed by atoms with Crippen LogP contribution in [0.15, 0.2) is 35.1 Å². The van der Waals surface area contributed by atoms with Gasteiger partial charge in [0.15, 0.2) is 17.0 Å². The van der Waals surface area contributed by atoms with Crippen molar-refractivity contribution in [3.05, 3.63) is 51.9 Å². The first kappa shape index (κ1) is 18.1. The van der Waals surface area contributed by atoms with Crippen LogP contribution in [-0.2, 0) is 0 Å². The molecule has 6 heteroatoms. The third kappa shape index (κ3) is 2.63. The number of nitrogens with one attached hydrogen (secondary N) is 1. The molecule has 0 saturated heterocycles. The molecule has 28 heavy (non-hydrogen) atoms. The Hall–Kier alpha value is -3.33. The predicted molar refractivity (Wildman–Crippen MR) is 108 cm³/mol. The Bertz CT molecular complexity index is 1340. The van der Waals surface area contributed by atoms with Gasteiger partial charge in [-0.2, -0.15) is 5.26 Å². The summed E-state index contributed by atoms with van der Waals surface area (Å²) in [6, 6.07) is 10.1. The molecule has 0 aliphatic heterocycles. The van der Waals surface area contributed by atoms with Gasteiger partial charge in [-0.1, -0.05) is 6.07 Å². The summed E-state index contributed by atoms with van der Waals surface area (Å²) in [7, 11) is 0. The molecule has 0 aliphatic carbocycles. The Morgan fingerprint density at radius 2 is 1.89 bits per heavy atom. The van der Waals surface area contributed by atoms with E-state index in [1.165, 1.54) is 12.1 Å². The molecular weight excluding hydrogens is 357 g/mol. The van der Waals surface area contributed by atoms with E-state index in [1.54, 1.807) is 18.2 Å². The maximum atomic E-state index is 14.7. The molecule has 2 heterocycles. The number of halogens is 1. The molecule has 0 saturated carbocycles. The number of aromatic amines is 1. The molecule has 5 nitrogen and oxygen atoms in total. The Morgan fingerprint density at radius 1 is 1.14 bits per heavy atom. The number of hydrogen-bond acceptors (Lipinski definition) is 3. The molecule has 4 rings (SSSR count). The van der Waals surface area contributed by atoms with E-state index in [0.717, 1.165) is 5.39 Å².